The van der Waals surface area contributed by atoms with Gasteiger partial charge in [-0.05, 0) is 54.1 Å². The molecule has 2 N–H and O–H groups in total. The lowest BCUT2D eigenvalue weighted by Crippen LogP contribution is -2.10. The van der Waals surface area contributed by atoms with Crippen LogP contribution >= 0.6 is 0 Å². The van der Waals surface area contributed by atoms with Crippen molar-refractivity contribution in [2.45, 2.75) is 6.92 Å². The van der Waals surface area contributed by atoms with Gasteiger partial charge < -0.3 is 20.1 Å². The highest BCUT2D eigenvalue weighted by Crippen LogP contribution is 2.28. The van der Waals surface area contributed by atoms with Gasteiger partial charge >= 0.3 is 0 Å². The number of benzene rings is 2. The molecule has 0 saturated heterocycles. The molecule has 0 fully saturated rings. The van der Waals surface area contributed by atoms with E-state index in [4.69, 9.17) is 9.47 Å². The van der Waals surface area contributed by atoms with Gasteiger partial charge in [0.05, 0.1) is 19.0 Å². The van der Waals surface area contributed by atoms with Crippen LogP contribution < -0.4 is 20.1 Å². The highest BCUT2D eigenvalue weighted by Gasteiger charge is 2.08. The normalized spacial score (nSPS) is 10.5. The first-order valence-electron chi connectivity index (χ1n) is 9.27. The van der Waals surface area contributed by atoms with E-state index in [0.29, 0.717) is 28.4 Å². The summed E-state index contributed by atoms with van der Waals surface area (Å²) in [5.74, 6) is -0.315. The van der Waals surface area contributed by atoms with Crippen LogP contribution in [0.25, 0.3) is 6.08 Å². The number of hydrogen-bond donors (Lipinski definition) is 2. The number of nitrogens with one attached hydrogen (secondary N) is 2. The van der Waals surface area contributed by atoms with Crippen LogP contribution in [0, 0.1) is 5.82 Å². The Morgan fingerprint density at radius 1 is 1.06 bits per heavy atom. The second-order valence-electron chi connectivity index (χ2n) is 6.40. The highest BCUT2D eigenvalue weighted by atomic mass is 19.1. The minimum atomic E-state index is -0.568. The van der Waals surface area contributed by atoms with Gasteiger partial charge in [-0.1, -0.05) is 6.07 Å². The van der Waals surface area contributed by atoms with Crippen molar-refractivity contribution in [1.82, 2.24) is 4.98 Å². The van der Waals surface area contributed by atoms with Crippen molar-refractivity contribution in [2.75, 3.05) is 17.7 Å². The minimum absolute atomic E-state index is 0.0540. The quantitative estimate of drug-likeness (QED) is 0.543. The Hall–Kier alpha value is -4.20. The largest absolute Gasteiger partial charge is 0.495 e. The third-order valence-corrected chi connectivity index (χ3v) is 4.02. The van der Waals surface area contributed by atoms with Gasteiger partial charge in [-0.25, -0.2) is 4.39 Å². The zero-order chi connectivity index (χ0) is 22.2. The zero-order valence-electron chi connectivity index (χ0n) is 16.9. The molecule has 0 atom stereocenters. The van der Waals surface area contributed by atoms with Crippen molar-refractivity contribution in [1.29, 1.82) is 0 Å². The van der Waals surface area contributed by atoms with Crippen LogP contribution in [0.5, 0.6) is 17.2 Å². The van der Waals surface area contributed by atoms with E-state index in [1.165, 1.54) is 44.5 Å². The summed E-state index contributed by atoms with van der Waals surface area (Å²) in [7, 11) is 1.48. The molecule has 0 aliphatic carbocycles. The number of carbonyl (C=O) groups excluding carboxylic acids is 2. The van der Waals surface area contributed by atoms with Gasteiger partial charge in [0.15, 0.2) is 11.6 Å². The van der Waals surface area contributed by atoms with Crippen LogP contribution in [0.1, 0.15) is 12.5 Å². The third-order valence-electron chi connectivity index (χ3n) is 4.02. The maximum atomic E-state index is 14.3. The smallest absolute Gasteiger partial charge is 0.248 e. The lowest BCUT2D eigenvalue weighted by molar-refractivity contribution is -0.114. The van der Waals surface area contributed by atoms with Gasteiger partial charge in [-0.15, -0.1) is 0 Å². The summed E-state index contributed by atoms with van der Waals surface area (Å²) in [6, 6.07) is 12.6. The SMILES string of the molecule is COc1ccc(NC(=O)/C=C/c2ccc(Oc3cccnc3)c(F)c2)cc1NC(C)=O. The number of carbonyl (C=O) groups is 2. The Morgan fingerprint density at radius 3 is 2.55 bits per heavy atom. The Morgan fingerprint density at radius 2 is 1.87 bits per heavy atom. The van der Waals surface area contributed by atoms with Crippen molar-refractivity contribution in [3.05, 3.63) is 78.4 Å². The van der Waals surface area contributed by atoms with E-state index in [-0.39, 0.29) is 11.7 Å². The summed E-state index contributed by atoms with van der Waals surface area (Å²) >= 11 is 0. The van der Waals surface area contributed by atoms with Gasteiger partial charge in [0.25, 0.3) is 0 Å². The number of amides is 2. The van der Waals surface area contributed by atoms with Crippen molar-refractivity contribution in [2.24, 2.45) is 0 Å². The molecule has 8 heteroatoms. The van der Waals surface area contributed by atoms with Crippen LogP contribution in [-0.2, 0) is 9.59 Å². The Labute approximate surface area is 178 Å². The summed E-state index contributed by atoms with van der Waals surface area (Å²) in [6.07, 6.45) is 5.83. The van der Waals surface area contributed by atoms with Gasteiger partial charge in [-0.3, -0.25) is 14.6 Å². The predicted octanol–water partition coefficient (Wildman–Crippen LogP) is 4.63. The second kappa shape index (κ2) is 10.0. The molecule has 0 spiro atoms. The summed E-state index contributed by atoms with van der Waals surface area (Å²) in [5.41, 5.74) is 1.38. The fourth-order valence-electron chi connectivity index (χ4n) is 2.67. The number of aromatic nitrogens is 1. The van der Waals surface area contributed by atoms with Crippen molar-refractivity contribution < 1.29 is 23.5 Å². The van der Waals surface area contributed by atoms with Crippen molar-refractivity contribution >= 4 is 29.3 Å². The first-order chi connectivity index (χ1) is 14.9. The lowest BCUT2D eigenvalue weighted by Gasteiger charge is -2.11. The average Bonchev–Trinajstić information content (AvgIpc) is 2.74. The van der Waals surface area contributed by atoms with E-state index in [0.717, 1.165) is 0 Å². The molecule has 0 aliphatic rings. The molecule has 0 bridgehead atoms. The van der Waals surface area contributed by atoms with E-state index in [1.54, 1.807) is 42.6 Å². The molecule has 0 unspecified atom stereocenters. The molecule has 3 aromatic rings. The summed E-state index contributed by atoms with van der Waals surface area (Å²) in [4.78, 5) is 27.5. The summed E-state index contributed by atoms with van der Waals surface area (Å²) in [5, 5.41) is 5.31. The Kier molecular flexibility index (Phi) is 6.95. The monoisotopic (exact) mass is 421 g/mol. The van der Waals surface area contributed by atoms with E-state index in [9.17, 15) is 14.0 Å². The number of hydrogen-bond acceptors (Lipinski definition) is 5. The summed E-state index contributed by atoms with van der Waals surface area (Å²) < 4.78 is 24.9. The van der Waals surface area contributed by atoms with Crippen LogP contribution in [0.4, 0.5) is 15.8 Å². The number of halogens is 1. The second-order valence-corrected chi connectivity index (χ2v) is 6.40. The fourth-order valence-corrected chi connectivity index (χ4v) is 2.67. The van der Waals surface area contributed by atoms with Crippen LogP contribution in [0.15, 0.2) is 67.0 Å². The maximum absolute atomic E-state index is 14.3. The molecule has 2 amide bonds. The average molecular weight is 421 g/mol. The number of rotatable bonds is 7. The minimum Gasteiger partial charge on any atom is -0.495 e. The van der Waals surface area contributed by atoms with E-state index in [2.05, 4.69) is 15.6 Å². The van der Waals surface area contributed by atoms with Crippen LogP contribution in [0.3, 0.4) is 0 Å². The predicted molar refractivity (Wildman–Crippen MR) is 116 cm³/mol. The molecule has 0 radical (unpaired) electrons. The molecule has 1 aromatic heterocycles. The maximum Gasteiger partial charge on any atom is 0.248 e. The molecule has 2 aromatic carbocycles. The topological polar surface area (TPSA) is 89.6 Å². The number of pyridine rings is 1. The van der Waals surface area contributed by atoms with Gasteiger partial charge in [-0.2, -0.15) is 0 Å². The van der Waals surface area contributed by atoms with Crippen LogP contribution in [-0.4, -0.2) is 23.9 Å². The Balaban J connectivity index is 1.66. The Bertz CT molecular complexity index is 1120. The molecular formula is C23H20FN3O4. The number of anilines is 2. The first kappa shape index (κ1) is 21.5. The molecule has 31 heavy (non-hydrogen) atoms. The number of nitrogens with zero attached hydrogens (tertiary/aromatic N) is 1. The third kappa shape index (κ3) is 6.14. The van der Waals surface area contributed by atoms with Gasteiger partial charge in [0.2, 0.25) is 11.8 Å². The molecular weight excluding hydrogens is 401 g/mol. The molecule has 3 rings (SSSR count). The molecule has 0 saturated carbocycles. The van der Waals surface area contributed by atoms with E-state index >= 15 is 0 Å². The number of ether oxygens (including phenoxy) is 2. The zero-order valence-corrected chi connectivity index (χ0v) is 16.9. The molecule has 1 heterocycles. The highest BCUT2D eigenvalue weighted by molar-refractivity contribution is 6.02. The molecule has 158 valence electrons. The summed E-state index contributed by atoms with van der Waals surface area (Å²) in [6.45, 7) is 1.37. The molecule has 0 aliphatic heterocycles. The first-order valence-corrected chi connectivity index (χ1v) is 9.27. The molecule has 7 nitrogen and oxygen atoms in total. The van der Waals surface area contributed by atoms with E-state index in [1.807, 2.05) is 0 Å². The van der Waals surface area contributed by atoms with E-state index < -0.39 is 11.7 Å². The fraction of sp³-hybridized carbons (Fsp3) is 0.0870. The van der Waals surface area contributed by atoms with Gasteiger partial charge in [0, 0.05) is 24.9 Å². The van der Waals surface area contributed by atoms with Crippen molar-refractivity contribution in [3.63, 3.8) is 0 Å². The lowest BCUT2D eigenvalue weighted by atomic mass is 10.2. The van der Waals surface area contributed by atoms with Gasteiger partial charge in [0.1, 0.15) is 11.5 Å². The standard InChI is InChI=1S/C23H20FN3O4/c1-15(28)26-20-13-17(7-9-22(20)30-2)27-23(29)10-6-16-5-8-21(19(24)12-16)31-18-4-3-11-25-14-18/h3-14H,1-2H3,(H,26,28)(H,27,29)/b10-6+. The van der Waals surface area contributed by atoms with Crippen LogP contribution in [0.2, 0.25) is 0 Å². The number of methoxy groups -OCH3 is 1. The van der Waals surface area contributed by atoms with Crippen molar-refractivity contribution in [3.8, 4) is 17.2 Å².